The molecular weight excluding hydrogens is 387 g/mol. The summed E-state index contributed by atoms with van der Waals surface area (Å²) < 4.78 is 25.4. The lowest BCUT2D eigenvalue weighted by molar-refractivity contribution is 0.0129. The number of likely N-dealkylation sites (tertiary alicyclic amines) is 1. The number of carbonyl (C=O) groups is 2. The van der Waals surface area contributed by atoms with E-state index in [-0.39, 0.29) is 30.1 Å². The molecule has 1 aliphatic heterocycles. The smallest absolute Gasteiger partial charge is 0.410 e. The van der Waals surface area contributed by atoms with Crippen LogP contribution in [0.1, 0.15) is 68.9 Å². The molecule has 1 aromatic rings. The zero-order chi connectivity index (χ0) is 22.5. The number of rotatable bonds is 6. The molecule has 1 aliphatic rings. The van der Waals surface area contributed by atoms with Gasteiger partial charge in [-0.1, -0.05) is 6.92 Å². The van der Waals surface area contributed by atoms with Gasteiger partial charge in [-0.05, 0) is 71.2 Å². The quantitative estimate of drug-likeness (QED) is 0.636. The van der Waals surface area contributed by atoms with Crippen LogP contribution in [-0.2, 0) is 22.4 Å². The van der Waals surface area contributed by atoms with E-state index in [1.54, 1.807) is 24.9 Å². The van der Waals surface area contributed by atoms with E-state index in [1.165, 1.54) is 6.07 Å². The summed E-state index contributed by atoms with van der Waals surface area (Å²) in [7, 11) is 1.76. The Hall–Kier alpha value is -2.15. The molecule has 0 aliphatic carbocycles. The second kappa shape index (κ2) is 10.2. The van der Waals surface area contributed by atoms with Gasteiger partial charge in [0.15, 0.2) is 0 Å². The lowest BCUT2D eigenvalue weighted by atomic mass is 9.98. The molecule has 2 rings (SSSR count). The maximum atomic E-state index is 14.9. The summed E-state index contributed by atoms with van der Waals surface area (Å²) in [6.07, 6.45) is 2.08. The van der Waals surface area contributed by atoms with Crippen molar-refractivity contribution < 1.29 is 23.5 Å². The summed E-state index contributed by atoms with van der Waals surface area (Å²) in [5.41, 5.74) is 1.11. The van der Waals surface area contributed by atoms with Gasteiger partial charge in [-0.15, -0.1) is 0 Å². The zero-order valence-corrected chi connectivity index (χ0v) is 19.1. The average Bonchev–Trinajstić information content (AvgIpc) is 2.67. The molecule has 0 radical (unpaired) electrons. The third kappa shape index (κ3) is 6.42. The van der Waals surface area contributed by atoms with Gasteiger partial charge < -0.3 is 14.4 Å². The first kappa shape index (κ1) is 24.1. The number of benzene rings is 1. The molecule has 1 atom stereocenters. The molecule has 1 heterocycles. The molecule has 30 heavy (non-hydrogen) atoms. The summed E-state index contributed by atoms with van der Waals surface area (Å²) in [4.78, 5) is 28.2. The van der Waals surface area contributed by atoms with Gasteiger partial charge in [-0.25, -0.2) is 14.0 Å². The number of nitrogens with zero attached hydrogens (tertiary/aromatic N) is 2. The Morgan fingerprint density at radius 3 is 2.57 bits per heavy atom. The van der Waals surface area contributed by atoms with E-state index in [4.69, 9.17) is 9.47 Å². The van der Waals surface area contributed by atoms with Crippen molar-refractivity contribution in [3.63, 3.8) is 0 Å². The van der Waals surface area contributed by atoms with Crippen LogP contribution in [0.15, 0.2) is 12.1 Å². The van der Waals surface area contributed by atoms with E-state index in [0.29, 0.717) is 25.1 Å². The number of amides is 1. The Morgan fingerprint density at radius 2 is 1.97 bits per heavy atom. The minimum absolute atomic E-state index is 0.0144. The number of esters is 1. The number of piperidine rings is 1. The van der Waals surface area contributed by atoms with Crippen molar-refractivity contribution in [2.75, 3.05) is 26.7 Å². The third-order valence-corrected chi connectivity index (χ3v) is 5.27. The lowest BCUT2D eigenvalue weighted by Gasteiger charge is -2.38. The first-order valence-electron chi connectivity index (χ1n) is 10.7. The summed E-state index contributed by atoms with van der Waals surface area (Å²) in [6.45, 7) is 11.4. The van der Waals surface area contributed by atoms with Crippen molar-refractivity contribution in [3.05, 3.63) is 34.6 Å². The second-order valence-corrected chi connectivity index (χ2v) is 8.79. The largest absolute Gasteiger partial charge is 0.462 e. The molecule has 1 saturated heterocycles. The maximum absolute atomic E-state index is 14.9. The number of ether oxygens (including phenoxy) is 2. The number of hydrogen-bond donors (Lipinski definition) is 0. The fourth-order valence-corrected chi connectivity index (χ4v) is 3.72. The Morgan fingerprint density at radius 1 is 1.27 bits per heavy atom. The van der Waals surface area contributed by atoms with Crippen LogP contribution in [0.3, 0.4) is 0 Å². The van der Waals surface area contributed by atoms with Crippen LogP contribution in [0.4, 0.5) is 9.18 Å². The number of aryl methyl sites for hydroxylation is 1. The van der Waals surface area contributed by atoms with Crippen LogP contribution in [0.2, 0.25) is 0 Å². The summed E-state index contributed by atoms with van der Waals surface area (Å²) in [5.74, 6) is -0.894. The molecule has 0 N–H and O–H groups in total. The monoisotopic (exact) mass is 422 g/mol. The minimum atomic E-state index is -0.542. The molecule has 1 amide bonds. The first-order valence-corrected chi connectivity index (χ1v) is 10.7. The van der Waals surface area contributed by atoms with Crippen LogP contribution in [0.5, 0.6) is 0 Å². The fourth-order valence-electron chi connectivity index (χ4n) is 3.72. The summed E-state index contributed by atoms with van der Waals surface area (Å²) >= 11 is 0. The van der Waals surface area contributed by atoms with Crippen molar-refractivity contribution >= 4 is 12.1 Å². The molecule has 0 spiro atoms. The number of carbonyl (C=O) groups excluding carboxylic acids is 2. The number of halogens is 1. The molecule has 6 nitrogen and oxygen atoms in total. The van der Waals surface area contributed by atoms with E-state index < -0.39 is 11.6 Å². The highest BCUT2D eigenvalue weighted by atomic mass is 19.1. The van der Waals surface area contributed by atoms with E-state index in [2.05, 4.69) is 4.90 Å². The fraction of sp³-hybridized carbons (Fsp3) is 0.652. The van der Waals surface area contributed by atoms with Gasteiger partial charge in [0.1, 0.15) is 11.4 Å². The molecule has 7 heteroatoms. The van der Waals surface area contributed by atoms with E-state index in [0.717, 1.165) is 24.9 Å². The van der Waals surface area contributed by atoms with Crippen LogP contribution >= 0.6 is 0 Å². The van der Waals surface area contributed by atoms with Crippen LogP contribution in [0.25, 0.3) is 0 Å². The molecule has 0 bridgehead atoms. The standard InChI is InChI=1S/C23H35FN2O4/c1-7-16-12-17(21(27)29-8-2)13-20(24)19(16)15-26-11-9-10-18(14-26)25(6)22(28)30-23(3,4)5/h12-13,18H,7-11,14-15H2,1-6H3/t18-/m0/s1. The molecule has 1 fully saturated rings. The molecule has 0 aromatic heterocycles. The van der Waals surface area contributed by atoms with E-state index in [9.17, 15) is 14.0 Å². The van der Waals surface area contributed by atoms with Crippen molar-refractivity contribution in [2.24, 2.45) is 0 Å². The van der Waals surface area contributed by atoms with Gasteiger partial charge in [-0.2, -0.15) is 0 Å². The first-order chi connectivity index (χ1) is 14.1. The van der Waals surface area contributed by atoms with Crippen molar-refractivity contribution in [1.82, 2.24) is 9.80 Å². The predicted molar refractivity (Wildman–Crippen MR) is 114 cm³/mol. The molecule has 0 unspecified atom stereocenters. The van der Waals surface area contributed by atoms with Crippen molar-refractivity contribution in [1.29, 1.82) is 0 Å². The Kier molecular flexibility index (Phi) is 8.24. The topological polar surface area (TPSA) is 59.1 Å². The minimum Gasteiger partial charge on any atom is -0.462 e. The number of likely N-dealkylation sites (N-methyl/N-ethyl adjacent to an activating group) is 1. The van der Waals surface area contributed by atoms with Gasteiger partial charge in [0.2, 0.25) is 0 Å². The van der Waals surface area contributed by atoms with Gasteiger partial charge in [0.25, 0.3) is 0 Å². The highest BCUT2D eigenvalue weighted by Crippen LogP contribution is 2.24. The Balaban J connectivity index is 2.12. The predicted octanol–water partition coefficient (Wildman–Crippen LogP) is 4.40. The molecule has 0 saturated carbocycles. The lowest BCUT2D eigenvalue weighted by Crippen LogP contribution is -2.49. The third-order valence-electron chi connectivity index (χ3n) is 5.27. The second-order valence-electron chi connectivity index (χ2n) is 8.79. The SMILES string of the molecule is CCOC(=O)c1cc(F)c(CN2CCC[C@H](N(C)C(=O)OC(C)(C)C)C2)c(CC)c1. The van der Waals surface area contributed by atoms with Gasteiger partial charge >= 0.3 is 12.1 Å². The van der Waals surface area contributed by atoms with Crippen LogP contribution in [-0.4, -0.2) is 60.2 Å². The highest BCUT2D eigenvalue weighted by molar-refractivity contribution is 5.89. The van der Waals surface area contributed by atoms with E-state index >= 15 is 0 Å². The molecule has 168 valence electrons. The van der Waals surface area contributed by atoms with Crippen molar-refractivity contribution in [3.8, 4) is 0 Å². The van der Waals surface area contributed by atoms with Crippen molar-refractivity contribution in [2.45, 2.75) is 72.1 Å². The van der Waals surface area contributed by atoms with Gasteiger partial charge in [0, 0.05) is 31.7 Å². The Bertz CT molecular complexity index is 760. The molecular formula is C23H35FN2O4. The van der Waals surface area contributed by atoms with Gasteiger partial charge in [0.05, 0.1) is 12.2 Å². The molecule has 1 aromatic carbocycles. The Labute approximate surface area is 179 Å². The average molecular weight is 423 g/mol. The maximum Gasteiger partial charge on any atom is 0.410 e. The number of hydrogen-bond acceptors (Lipinski definition) is 5. The normalized spacial score (nSPS) is 17.5. The highest BCUT2D eigenvalue weighted by Gasteiger charge is 2.30. The summed E-state index contributed by atoms with van der Waals surface area (Å²) in [6, 6.07) is 3.01. The van der Waals surface area contributed by atoms with Gasteiger partial charge in [-0.3, -0.25) is 4.90 Å². The zero-order valence-electron chi connectivity index (χ0n) is 19.1. The van der Waals surface area contributed by atoms with Crippen LogP contribution in [0, 0.1) is 5.82 Å². The van der Waals surface area contributed by atoms with Crippen LogP contribution < -0.4 is 0 Å². The van der Waals surface area contributed by atoms with E-state index in [1.807, 2.05) is 27.7 Å². The summed E-state index contributed by atoms with van der Waals surface area (Å²) in [5, 5.41) is 0.